The Hall–Kier alpha value is -0.580. The summed E-state index contributed by atoms with van der Waals surface area (Å²) in [6, 6.07) is 0. The van der Waals surface area contributed by atoms with E-state index in [1.807, 2.05) is 13.8 Å². The maximum absolute atomic E-state index is 11.9. The van der Waals surface area contributed by atoms with Gasteiger partial charge < -0.3 is 4.74 Å². The molecule has 0 aromatic rings. The van der Waals surface area contributed by atoms with Crippen molar-refractivity contribution in [1.82, 2.24) is 0 Å². The van der Waals surface area contributed by atoms with Crippen LogP contribution in [0.2, 0.25) is 0 Å². The molecule has 0 aromatic carbocycles. The van der Waals surface area contributed by atoms with E-state index in [-0.39, 0.29) is 18.8 Å². The minimum atomic E-state index is -3.36. The van der Waals surface area contributed by atoms with Crippen LogP contribution in [0, 0.1) is 5.92 Å². The normalized spacial score (nSPS) is 13.8. The predicted octanol–water partition coefficient (Wildman–Crippen LogP) is 1.79. The minimum absolute atomic E-state index is 0.0575. The first-order valence-electron chi connectivity index (χ1n) is 5.73. The first kappa shape index (κ1) is 15.4. The van der Waals surface area contributed by atoms with Gasteiger partial charge in [-0.2, -0.15) is 0 Å². The van der Waals surface area contributed by atoms with E-state index >= 15 is 0 Å². The lowest BCUT2D eigenvalue weighted by molar-refractivity contribution is -0.142. The molecule has 5 heteroatoms. The van der Waals surface area contributed by atoms with E-state index in [0.717, 1.165) is 0 Å². The van der Waals surface area contributed by atoms with Crippen LogP contribution in [0.25, 0.3) is 0 Å². The molecule has 0 N–H and O–H groups in total. The van der Waals surface area contributed by atoms with Crippen molar-refractivity contribution in [1.29, 1.82) is 0 Å². The van der Waals surface area contributed by atoms with Crippen molar-refractivity contribution in [3.05, 3.63) is 0 Å². The number of sulfone groups is 1. The Morgan fingerprint density at radius 3 is 2.19 bits per heavy atom. The zero-order chi connectivity index (χ0) is 12.8. The molecule has 1 atom stereocenters. The highest BCUT2D eigenvalue weighted by Crippen LogP contribution is 2.13. The Bertz CT molecular complexity index is 306. The Kier molecular flexibility index (Phi) is 6.64. The number of hydrogen-bond acceptors (Lipinski definition) is 4. The van der Waals surface area contributed by atoms with E-state index in [2.05, 4.69) is 0 Å². The zero-order valence-corrected chi connectivity index (χ0v) is 11.3. The summed E-state index contributed by atoms with van der Waals surface area (Å²) in [5.74, 6) is -0.245. The van der Waals surface area contributed by atoms with Gasteiger partial charge in [0.15, 0.2) is 15.1 Å². The van der Waals surface area contributed by atoms with Crippen LogP contribution in [-0.2, 0) is 19.4 Å². The summed E-state index contributed by atoms with van der Waals surface area (Å²) in [7, 11) is -3.36. The van der Waals surface area contributed by atoms with Crippen molar-refractivity contribution >= 4 is 15.8 Å². The monoisotopic (exact) mass is 250 g/mol. The van der Waals surface area contributed by atoms with E-state index in [1.165, 1.54) is 0 Å². The van der Waals surface area contributed by atoms with Gasteiger partial charge in [-0.25, -0.2) is 8.42 Å². The molecule has 0 fully saturated rings. The van der Waals surface area contributed by atoms with Gasteiger partial charge in [0.25, 0.3) is 0 Å². The molecule has 0 rings (SSSR count). The summed E-state index contributed by atoms with van der Waals surface area (Å²) < 4.78 is 28.5. The van der Waals surface area contributed by atoms with Gasteiger partial charge in [0.2, 0.25) is 0 Å². The summed E-state index contributed by atoms with van der Waals surface area (Å²) >= 11 is 0. The van der Waals surface area contributed by atoms with Crippen LogP contribution < -0.4 is 0 Å². The Morgan fingerprint density at radius 2 is 1.81 bits per heavy atom. The standard InChI is InChI=1S/C11H22O4S/c1-5-10(11(12)15-6-2)16(13,14)8-7-9(3)4/h9-10H,5-8H2,1-4H3. The fourth-order valence-corrected chi connectivity index (χ4v) is 3.30. The van der Waals surface area contributed by atoms with Gasteiger partial charge in [-0.15, -0.1) is 0 Å². The lowest BCUT2D eigenvalue weighted by atomic mass is 10.2. The van der Waals surface area contributed by atoms with Gasteiger partial charge in [0.1, 0.15) is 0 Å². The molecule has 16 heavy (non-hydrogen) atoms. The Balaban J connectivity index is 4.61. The molecule has 0 aliphatic carbocycles. The third-order valence-electron chi connectivity index (χ3n) is 2.33. The van der Waals surface area contributed by atoms with Gasteiger partial charge in [-0.3, -0.25) is 4.79 Å². The molecule has 0 bridgehead atoms. The minimum Gasteiger partial charge on any atom is -0.465 e. The maximum atomic E-state index is 11.9. The van der Waals surface area contributed by atoms with Crippen molar-refractivity contribution in [2.75, 3.05) is 12.4 Å². The largest absolute Gasteiger partial charge is 0.465 e. The van der Waals surface area contributed by atoms with Crippen LogP contribution in [0.3, 0.4) is 0 Å². The topological polar surface area (TPSA) is 60.4 Å². The van der Waals surface area contributed by atoms with Gasteiger partial charge in [0.05, 0.1) is 12.4 Å². The molecule has 1 unspecified atom stereocenters. The molecule has 0 aromatic heterocycles. The maximum Gasteiger partial charge on any atom is 0.324 e. The van der Waals surface area contributed by atoms with Gasteiger partial charge >= 0.3 is 5.97 Å². The molecule has 0 radical (unpaired) electrons. The SMILES string of the molecule is CCOC(=O)C(CC)S(=O)(=O)CCC(C)C. The number of hydrogen-bond donors (Lipinski definition) is 0. The molecule has 0 heterocycles. The molecule has 0 saturated heterocycles. The van der Waals surface area contributed by atoms with Gasteiger partial charge in [0, 0.05) is 0 Å². The Morgan fingerprint density at radius 1 is 1.25 bits per heavy atom. The lowest BCUT2D eigenvalue weighted by Crippen LogP contribution is -2.33. The third kappa shape index (κ3) is 4.96. The summed E-state index contributed by atoms with van der Waals surface area (Å²) in [4.78, 5) is 11.5. The zero-order valence-electron chi connectivity index (χ0n) is 10.5. The highest BCUT2D eigenvalue weighted by molar-refractivity contribution is 7.92. The predicted molar refractivity (Wildman–Crippen MR) is 64.0 cm³/mol. The van der Waals surface area contributed by atoms with Crippen LogP contribution in [0.5, 0.6) is 0 Å². The molecular weight excluding hydrogens is 228 g/mol. The summed E-state index contributed by atoms with van der Waals surface area (Å²) in [6.45, 7) is 7.50. The van der Waals surface area contributed by atoms with Crippen LogP contribution in [0.4, 0.5) is 0 Å². The molecule has 0 amide bonds. The van der Waals surface area contributed by atoms with Crippen LogP contribution in [-0.4, -0.2) is 32.0 Å². The molecule has 0 saturated carbocycles. The second-order valence-corrected chi connectivity index (χ2v) is 6.50. The van der Waals surface area contributed by atoms with Gasteiger partial charge in [-0.05, 0) is 25.7 Å². The highest BCUT2D eigenvalue weighted by Gasteiger charge is 2.31. The summed E-state index contributed by atoms with van der Waals surface area (Å²) in [6.07, 6.45) is 0.859. The number of carbonyl (C=O) groups is 1. The van der Waals surface area contributed by atoms with E-state index in [0.29, 0.717) is 12.3 Å². The fourth-order valence-electron chi connectivity index (χ4n) is 1.34. The smallest absolute Gasteiger partial charge is 0.324 e. The summed E-state index contributed by atoms with van der Waals surface area (Å²) in [5, 5.41) is -0.994. The average molecular weight is 250 g/mol. The van der Waals surface area contributed by atoms with Crippen molar-refractivity contribution in [3.8, 4) is 0 Å². The molecule has 0 spiro atoms. The second kappa shape index (κ2) is 6.89. The van der Waals surface area contributed by atoms with E-state index in [1.54, 1.807) is 13.8 Å². The number of esters is 1. The number of ether oxygens (including phenoxy) is 1. The second-order valence-electron chi connectivity index (χ2n) is 4.20. The molecule has 4 nitrogen and oxygen atoms in total. The van der Waals surface area contributed by atoms with Crippen molar-refractivity contribution in [3.63, 3.8) is 0 Å². The summed E-state index contributed by atoms with van der Waals surface area (Å²) in [5.41, 5.74) is 0. The van der Waals surface area contributed by atoms with Crippen LogP contribution in [0.1, 0.15) is 40.5 Å². The molecular formula is C11H22O4S. The van der Waals surface area contributed by atoms with Crippen molar-refractivity contribution in [2.45, 2.75) is 45.8 Å². The first-order chi connectivity index (χ1) is 7.35. The Labute approximate surface area is 98.3 Å². The van der Waals surface area contributed by atoms with Crippen LogP contribution in [0.15, 0.2) is 0 Å². The number of carbonyl (C=O) groups excluding carboxylic acids is 1. The lowest BCUT2D eigenvalue weighted by Gasteiger charge is -2.15. The molecule has 0 aliphatic heterocycles. The van der Waals surface area contributed by atoms with E-state index in [4.69, 9.17) is 4.74 Å². The fraction of sp³-hybridized carbons (Fsp3) is 0.909. The number of rotatable bonds is 7. The van der Waals surface area contributed by atoms with Gasteiger partial charge in [-0.1, -0.05) is 20.8 Å². The van der Waals surface area contributed by atoms with Crippen molar-refractivity contribution in [2.24, 2.45) is 5.92 Å². The van der Waals surface area contributed by atoms with E-state index in [9.17, 15) is 13.2 Å². The van der Waals surface area contributed by atoms with E-state index < -0.39 is 21.1 Å². The molecule has 0 aliphatic rings. The van der Waals surface area contributed by atoms with Crippen molar-refractivity contribution < 1.29 is 17.9 Å². The van der Waals surface area contributed by atoms with Crippen LogP contribution >= 0.6 is 0 Å². The first-order valence-corrected chi connectivity index (χ1v) is 7.44. The molecule has 96 valence electrons. The third-order valence-corrected chi connectivity index (χ3v) is 4.53. The highest BCUT2D eigenvalue weighted by atomic mass is 32.2. The quantitative estimate of drug-likeness (QED) is 0.646. The average Bonchev–Trinajstić information content (AvgIpc) is 2.16.